The zero-order valence-electron chi connectivity index (χ0n) is 17.0. The molecule has 0 heterocycles. The Bertz CT molecular complexity index is 858. The molecule has 0 saturated heterocycles. The fraction of sp³-hybridized carbons (Fsp3) is 0.286. The van der Waals surface area contributed by atoms with Gasteiger partial charge >= 0.3 is 0 Å². The van der Waals surface area contributed by atoms with E-state index in [1.165, 1.54) is 4.90 Å². The van der Waals surface area contributed by atoms with Crippen LogP contribution in [0.1, 0.15) is 15.9 Å². The van der Waals surface area contributed by atoms with Crippen LogP contribution >= 0.6 is 12.4 Å². The third kappa shape index (κ3) is 7.06. The van der Waals surface area contributed by atoms with E-state index in [0.29, 0.717) is 24.2 Å². The average Bonchev–Trinajstić information content (AvgIpc) is 2.76. The molecule has 8 nitrogen and oxygen atoms in total. The quantitative estimate of drug-likeness (QED) is 0.547. The molecule has 0 aliphatic heterocycles. The molecule has 2 aromatic rings. The van der Waals surface area contributed by atoms with Gasteiger partial charge in [-0.1, -0.05) is 24.3 Å². The van der Waals surface area contributed by atoms with Gasteiger partial charge in [-0.05, 0) is 36.2 Å². The molecule has 0 aliphatic rings. The van der Waals surface area contributed by atoms with E-state index < -0.39 is 5.91 Å². The number of carbonyl (C=O) groups excluding carboxylic acids is 3. The van der Waals surface area contributed by atoms with Crippen molar-refractivity contribution in [2.75, 3.05) is 38.7 Å². The number of nitrogens with one attached hydrogen (secondary N) is 2. The second kappa shape index (κ2) is 12.5. The van der Waals surface area contributed by atoms with E-state index in [0.717, 1.165) is 11.3 Å². The number of hydrogen-bond acceptors (Lipinski definition) is 5. The first-order chi connectivity index (χ1) is 14.0. The van der Waals surface area contributed by atoms with Crippen LogP contribution in [0.5, 0.6) is 5.75 Å². The summed E-state index contributed by atoms with van der Waals surface area (Å²) in [4.78, 5) is 37.5. The van der Waals surface area contributed by atoms with E-state index in [9.17, 15) is 14.4 Å². The van der Waals surface area contributed by atoms with Crippen molar-refractivity contribution in [2.45, 2.75) is 6.42 Å². The van der Waals surface area contributed by atoms with Gasteiger partial charge in [0, 0.05) is 13.6 Å². The normalized spacial score (nSPS) is 9.83. The molecule has 9 heteroatoms. The van der Waals surface area contributed by atoms with Crippen molar-refractivity contribution in [1.82, 2.24) is 10.6 Å². The molecular formula is C21H27ClN4O4. The maximum Gasteiger partial charge on any atom is 0.253 e. The number of ether oxygens (including phenoxy) is 1. The lowest BCUT2D eigenvalue weighted by Gasteiger charge is -2.20. The van der Waals surface area contributed by atoms with Crippen LogP contribution in [0.15, 0.2) is 48.5 Å². The van der Waals surface area contributed by atoms with Crippen molar-refractivity contribution in [3.05, 3.63) is 59.7 Å². The van der Waals surface area contributed by atoms with Crippen molar-refractivity contribution in [2.24, 2.45) is 5.73 Å². The molecule has 0 aromatic heterocycles. The van der Waals surface area contributed by atoms with Crippen LogP contribution in [0.2, 0.25) is 0 Å². The van der Waals surface area contributed by atoms with Gasteiger partial charge in [-0.15, -0.1) is 12.4 Å². The zero-order chi connectivity index (χ0) is 21.2. The Morgan fingerprint density at radius 2 is 1.70 bits per heavy atom. The number of likely N-dealkylation sites (N-methyl/N-ethyl adjacent to an activating group) is 1. The van der Waals surface area contributed by atoms with Gasteiger partial charge in [0.1, 0.15) is 5.75 Å². The van der Waals surface area contributed by atoms with Gasteiger partial charge in [-0.3, -0.25) is 14.4 Å². The van der Waals surface area contributed by atoms with E-state index in [1.54, 1.807) is 38.4 Å². The Hall–Kier alpha value is -3.10. The predicted octanol–water partition coefficient (Wildman–Crippen LogP) is 1.13. The highest BCUT2D eigenvalue weighted by molar-refractivity contribution is 6.05. The molecule has 0 fully saturated rings. The molecular weight excluding hydrogens is 408 g/mol. The second-order valence-electron chi connectivity index (χ2n) is 6.30. The van der Waals surface area contributed by atoms with Gasteiger partial charge in [0.25, 0.3) is 5.91 Å². The first-order valence-electron chi connectivity index (χ1n) is 9.19. The van der Waals surface area contributed by atoms with Crippen molar-refractivity contribution >= 4 is 35.8 Å². The summed E-state index contributed by atoms with van der Waals surface area (Å²) in [6.07, 6.45) is 0.664. The third-order valence-electron chi connectivity index (χ3n) is 4.36. The number of nitrogens with zero attached hydrogens (tertiary/aromatic N) is 1. The number of anilines is 1. The van der Waals surface area contributed by atoms with E-state index in [2.05, 4.69) is 10.6 Å². The van der Waals surface area contributed by atoms with E-state index in [-0.39, 0.29) is 37.3 Å². The number of rotatable bonds is 9. The van der Waals surface area contributed by atoms with Gasteiger partial charge in [-0.25, -0.2) is 0 Å². The Morgan fingerprint density at radius 1 is 1.03 bits per heavy atom. The number of carbonyl (C=O) groups is 3. The Balaban J connectivity index is 0.00000450. The summed E-state index contributed by atoms with van der Waals surface area (Å²) in [5, 5.41) is 5.30. The lowest BCUT2D eigenvalue weighted by atomic mass is 10.1. The SMILES string of the molecule is COc1ccc(CCNC(=O)c2ccccc2N(C)C(=O)CNC(=O)CN)cc1.Cl. The molecule has 30 heavy (non-hydrogen) atoms. The molecule has 0 bridgehead atoms. The molecule has 0 spiro atoms. The highest BCUT2D eigenvalue weighted by Gasteiger charge is 2.18. The molecule has 0 atom stereocenters. The van der Waals surface area contributed by atoms with Crippen molar-refractivity contribution in [3.63, 3.8) is 0 Å². The summed E-state index contributed by atoms with van der Waals surface area (Å²) in [6.45, 7) is 0.0633. The maximum atomic E-state index is 12.6. The number of hydrogen-bond donors (Lipinski definition) is 3. The molecule has 0 aliphatic carbocycles. The van der Waals surface area contributed by atoms with Gasteiger partial charge in [0.15, 0.2) is 0 Å². The smallest absolute Gasteiger partial charge is 0.253 e. The number of amides is 3. The first kappa shape index (κ1) is 24.9. The Kier molecular flexibility index (Phi) is 10.4. The minimum Gasteiger partial charge on any atom is -0.497 e. The summed E-state index contributed by atoms with van der Waals surface area (Å²) in [5.41, 5.74) is 7.13. The van der Waals surface area contributed by atoms with Crippen LogP contribution in [0, 0.1) is 0 Å². The maximum absolute atomic E-state index is 12.6. The van der Waals surface area contributed by atoms with Crippen molar-refractivity contribution in [1.29, 1.82) is 0 Å². The number of para-hydroxylation sites is 1. The summed E-state index contributed by atoms with van der Waals surface area (Å²) in [6, 6.07) is 14.4. The third-order valence-corrected chi connectivity index (χ3v) is 4.36. The molecule has 0 saturated carbocycles. The molecule has 0 radical (unpaired) electrons. The minimum absolute atomic E-state index is 0. The van der Waals surface area contributed by atoms with Crippen LogP contribution in [-0.2, 0) is 16.0 Å². The Morgan fingerprint density at radius 3 is 2.33 bits per heavy atom. The van der Waals surface area contributed by atoms with E-state index >= 15 is 0 Å². The van der Waals surface area contributed by atoms with Gasteiger partial charge in [-0.2, -0.15) is 0 Å². The summed E-state index contributed by atoms with van der Waals surface area (Å²) >= 11 is 0. The van der Waals surface area contributed by atoms with Crippen LogP contribution in [0.3, 0.4) is 0 Å². The fourth-order valence-electron chi connectivity index (χ4n) is 2.67. The lowest BCUT2D eigenvalue weighted by Crippen LogP contribution is -2.41. The fourth-order valence-corrected chi connectivity index (χ4v) is 2.67. The van der Waals surface area contributed by atoms with Crippen LogP contribution in [0.25, 0.3) is 0 Å². The standard InChI is InChI=1S/C21H26N4O4.ClH/c1-25(20(27)14-24-19(26)13-22)18-6-4-3-5-17(18)21(28)23-12-11-15-7-9-16(29-2)10-8-15;/h3-10H,11-14,22H2,1-2H3,(H,23,28)(H,24,26);1H. The summed E-state index contributed by atoms with van der Waals surface area (Å²) < 4.78 is 5.13. The summed E-state index contributed by atoms with van der Waals surface area (Å²) in [7, 11) is 3.17. The van der Waals surface area contributed by atoms with E-state index in [1.807, 2.05) is 24.3 Å². The van der Waals surface area contributed by atoms with Crippen molar-refractivity contribution < 1.29 is 19.1 Å². The largest absolute Gasteiger partial charge is 0.497 e. The zero-order valence-corrected chi connectivity index (χ0v) is 17.8. The Labute approximate surface area is 182 Å². The predicted molar refractivity (Wildman–Crippen MR) is 118 cm³/mol. The molecule has 2 rings (SSSR count). The van der Waals surface area contributed by atoms with Gasteiger partial charge in [0.2, 0.25) is 11.8 Å². The van der Waals surface area contributed by atoms with Crippen LogP contribution in [-0.4, -0.2) is 51.5 Å². The highest BCUT2D eigenvalue weighted by Crippen LogP contribution is 2.19. The first-order valence-corrected chi connectivity index (χ1v) is 9.19. The molecule has 0 unspecified atom stereocenters. The van der Waals surface area contributed by atoms with Crippen LogP contribution < -0.4 is 26.0 Å². The molecule has 2 aromatic carbocycles. The molecule has 3 amide bonds. The lowest BCUT2D eigenvalue weighted by molar-refractivity contribution is -0.124. The topological polar surface area (TPSA) is 114 Å². The molecule has 162 valence electrons. The van der Waals surface area contributed by atoms with Crippen molar-refractivity contribution in [3.8, 4) is 5.75 Å². The highest BCUT2D eigenvalue weighted by atomic mass is 35.5. The average molecular weight is 435 g/mol. The van der Waals surface area contributed by atoms with Crippen LogP contribution in [0.4, 0.5) is 5.69 Å². The van der Waals surface area contributed by atoms with Gasteiger partial charge < -0.3 is 26.0 Å². The minimum atomic E-state index is -0.420. The van der Waals surface area contributed by atoms with Gasteiger partial charge in [0.05, 0.1) is 31.5 Å². The number of methoxy groups -OCH3 is 1. The van der Waals surface area contributed by atoms with E-state index in [4.69, 9.17) is 10.5 Å². The number of nitrogens with two attached hydrogens (primary N) is 1. The number of benzene rings is 2. The second-order valence-corrected chi connectivity index (χ2v) is 6.30. The monoisotopic (exact) mass is 434 g/mol. The number of halogens is 1. The molecule has 4 N–H and O–H groups in total. The summed E-state index contributed by atoms with van der Waals surface area (Å²) in [5.74, 6) is -0.275.